The quantitative estimate of drug-likeness (QED) is 0.668. The van der Waals surface area contributed by atoms with Crippen molar-refractivity contribution in [2.45, 2.75) is 38.5 Å². The molecule has 0 radical (unpaired) electrons. The van der Waals surface area contributed by atoms with Gasteiger partial charge < -0.3 is 9.80 Å². The zero-order chi connectivity index (χ0) is 21.9. The number of aromatic nitrogens is 3. The molecule has 2 aromatic heterocycles. The van der Waals surface area contributed by atoms with E-state index in [0.29, 0.717) is 11.8 Å². The average Bonchev–Trinajstić information content (AvgIpc) is 3.34. The Labute approximate surface area is 189 Å². The summed E-state index contributed by atoms with van der Waals surface area (Å²) >= 11 is 0. The molecule has 2 aliphatic heterocycles. The van der Waals surface area contributed by atoms with Gasteiger partial charge >= 0.3 is 0 Å². The van der Waals surface area contributed by atoms with Gasteiger partial charge in [0, 0.05) is 49.6 Å². The van der Waals surface area contributed by atoms with Crippen molar-refractivity contribution >= 4 is 11.7 Å². The standard InChI is InChI=1S/C26H31N5O/c1-19-7-2-3-9-22(19)23-17-28-29-25(23)20-11-15-30(16-12-20)26(32)21-8-6-14-31(18-21)24-10-4-5-13-27-24/h2-5,7,9-10,13,17,20-21H,6,8,11-12,14-16,18H2,1H3,(H,28,29)/t21-/m1/s1. The molecule has 1 aromatic carbocycles. The monoisotopic (exact) mass is 429 g/mol. The Kier molecular flexibility index (Phi) is 5.93. The van der Waals surface area contributed by atoms with Crippen molar-refractivity contribution in [2.75, 3.05) is 31.1 Å². The number of carbonyl (C=O) groups is 1. The number of anilines is 1. The number of likely N-dealkylation sites (tertiary alicyclic amines) is 1. The van der Waals surface area contributed by atoms with Crippen LogP contribution in [-0.4, -0.2) is 52.2 Å². The molecule has 0 unspecified atom stereocenters. The van der Waals surface area contributed by atoms with Crippen LogP contribution in [0, 0.1) is 12.8 Å². The maximum absolute atomic E-state index is 13.3. The molecular weight excluding hydrogens is 398 g/mol. The van der Waals surface area contributed by atoms with Crippen molar-refractivity contribution in [3.05, 3.63) is 66.1 Å². The Morgan fingerprint density at radius 2 is 1.81 bits per heavy atom. The van der Waals surface area contributed by atoms with Gasteiger partial charge in [0.25, 0.3) is 0 Å². The lowest BCUT2D eigenvalue weighted by Crippen LogP contribution is -2.47. The molecule has 32 heavy (non-hydrogen) atoms. The molecule has 0 bridgehead atoms. The number of hydrogen-bond donors (Lipinski definition) is 1. The molecule has 166 valence electrons. The summed E-state index contributed by atoms with van der Waals surface area (Å²) in [4.78, 5) is 22.1. The number of piperidine rings is 2. The van der Waals surface area contributed by atoms with Crippen molar-refractivity contribution in [3.63, 3.8) is 0 Å². The van der Waals surface area contributed by atoms with Crippen LogP contribution in [0.25, 0.3) is 11.1 Å². The summed E-state index contributed by atoms with van der Waals surface area (Å²) in [6.07, 6.45) is 7.74. The lowest BCUT2D eigenvalue weighted by molar-refractivity contribution is -0.136. The molecule has 3 aromatic rings. The summed E-state index contributed by atoms with van der Waals surface area (Å²) in [5.41, 5.74) is 4.92. The molecule has 2 saturated heterocycles. The first-order valence-corrected chi connectivity index (χ1v) is 11.7. The van der Waals surface area contributed by atoms with E-state index in [-0.39, 0.29) is 5.92 Å². The van der Waals surface area contributed by atoms with Gasteiger partial charge in [0.05, 0.1) is 12.1 Å². The van der Waals surface area contributed by atoms with Crippen LogP contribution in [0.4, 0.5) is 5.82 Å². The lowest BCUT2D eigenvalue weighted by atomic mass is 9.87. The van der Waals surface area contributed by atoms with Crippen LogP contribution < -0.4 is 4.90 Å². The molecule has 1 atom stereocenters. The second-order valence-corrected chi connectivity index (χ2v) is 9.08. The summed E-state index contributed by atoms with van der Waals surface area (Å²) in [6.45, 7) is 5.52. The molecule has 2 fully saturated rings. The van der Waals surface area contributed by atoms with Crippen LogP contribution in [0.5, 0.6) is 0 Å². The second kappa shape index (κ2) is 9.15. The number of carbonyl (C=O) groups excluding carboxylic acids is 1. The summed E-state index contributed by atoms with van der Waals surface area (Å²) in [7, 11) is 0. The molecule has 0 aliphatic carbocycles. The molecule has 0 spiro atoms. The normalized spacial score (nSPS) is 19.8. The predicted octanol–water partition coefficient (Wildman–Crippen LogP) is 4.40. The third-order valence-electron chi connectivity index (χ3n) is 7.06. The van der Waals surface area contributed by atoms with Gasteiger partial charge in [0.2, 0.25) is 5.91 Å². The van der Waals surface area contributed by atoms with Gasteiger partial charge in [0.1, 0.15) is 5.82 Å². The smallest absolute Gasteiger partial charge is 0.227 e. The number of H-pyrrole nitrogens is 1. The third-order valence-corrected chi connectivity index (χ3v) is 7.06. The largest absolute Gasteiger partial charge is 0.356 e. The number of aromatic amines is 1. The number of aryl methyl sites for hydroxylation is 1. The number of nitrogens with zero attached hydrogens (tertiary/aromatic N) is 4. The predicted molar refractivity (Wildman–Crippen MR) is 126 cm³/mol. The van der Waals surface area contributed by atoms with Crippen molar-refractivity contribution in [1.29, 1.82) is 0 Å². The van der Waals surface area contributed by atoms with Crippen LogP contribution in [0.1, 0.15) is 42.9 Å². The van der Waals surface area contributed by atoms with E-state index in [0.717, 1.165) is 57.7 Å². The van der Waals surface area contributed by atoms with Crippen molar-refractivity contribution < 1.29 is 4.79 Å². The van der Waals surface area contributed by atoms with E-state index in [1.54, 1.807) is 0 Å². The van der Waals surface area contributed by atoms with Crippen LogP contribution in [0.15, 0.2) is 54.9 Å². The number of benzene rings is 1. The first-order chi connectivity index (χ1) is 15.7. The average molecular weight is 430 g/mol. The highest BCUT2D eigenvalue weighted by Gasteiger charge is 2.33. The van der Waals surface area contributed by atoms with Crippen LogP contribution in [0.2, 0.25) is 0 Å². The van der Waals surface area contributed by atoms with Crippen molar-refractivity contribution in [2.24, 2.45) is 5.92 Å². The number of rotatable bonds is 4. The van der Waals surface area contributed by atoms with Gasteiger partial charge in [-0.15, -0.1) is 0 Å². The maximum atomic E-state index is 13.3. The molecule has 6 nitrogen and oxygen atoms in total. The van der Waals surface area contributed by atoms with E-state index >= 15 is 0 Å². The molecule has 1 amide bonds. The minimum absolute atomic E-state index is 0.0667. The maximum Gasteiger partial charge on any atom is 0.227 e. The molecule has 5 rings (SSSR count). The van der Waals surface area contributed by atoms with Gasteiger partial charge in [-0.25, -0.2) is 4.98 Å². The topological polar surface area (TPSA) is 65.1 Å². The molecule has 6 heteroatoms. The highest BCUT2D eigenvalue weighted by atomic mass is 16.2. The summed E-state index contributed by atoms with van der Waals surface area (Å²) in [6, 6.07) is 14.4. The zero-order valence-electron chi connectivity index (χ0n) is 18.7. The Morgan fingerprint density at radius 3 is 2.59 bits per heavy atom. The van der Waals surface area contributed by atoms with Crippen LogP contribution >= 0.6 is 0 Å². The number of nitrogens with one attached hydrogen (secondary N) is 1. The van der Waals surface area contributed by atoms with E-state index in [1.165, 1.54) is 22.4 Å². The van der Waals surface area contributed by atoms with Gasteiger partial charge in [-0.2, -0.15) is 5.10 Å². The summed E-state index contributed by atoms with van der Waals surface area (Å²) in [5, 5.41) is 7.63. The van der Waals surface area contributed by atoms with Crippen molar-refractivity contribution in [3.8, 4) is 11.1 Å². The van der Waals surface area contributed by atoms with E-state index in [1.807, 2.05) is 30.6 Å². The zero-order valence-corrected chi connectivity index (χ0v) is 18.7. The Hall–Kier alpha value is -3.15. The summed E-state index contributed by atoms with van der Waals surface area (Å²) < 4.78 is 0. The second-order valence-electron chi connectivity index (χ2n) is 9.08. The van der Waals surface area contributed by atoms with Crippen LogP contribution in [-0.2, 0) is 4.79 Å². The van der Waals surface area contributed by atoms with E-state index in [9.17, 15) is 4.79 Å². The minimum Gasteiger partial charge on any atom is -0.356 e. The first-order valence-electron chi connectivity index (χ1n) is 11.7. The van der Waals surface area contributed by atoms with E-state index in [4.69, 9.17) is 0 Å². The van der Waals surface area contributed by atoms with Gasteiger partial charge in [-0.3, -0.25) is 9.89 Å². The van der Waals surface area contributed by atoms with Gasteiger partial charge in [-0.1, -0.05) is 30.3 Å². The fourth-order valence-electron chi connectivity index (χ4n) is 5.27. The highest BCUT2D eigenvalue weighted by Crippen LogP contribution is 2.35. The minimum atomic E-state index is 0.0667. The van der Waals surface area contributed by atoms with Gasteiger partial charge in [-0.05, 0) is 55.9 Å². The highest BCUT2D eigenvalue weighted by molar-refractivity contribution is 5.80. The fourth-order valence-corrected chi connectivity index (χ4v) is 5.27. The Morgan fingerprint density at radius 1 is 1.00 bits per heavy atom. The van der Waals surface area contributed by atoms with E-state index < -0.39 is 0 Å². The fraction of sp³-hybridized carbons (Fsp3) is 0.423. The van der Waals surface area contributed by atoms with E-state index in [2.05, 4.69) is 56.2 Å². The SMILES string of the molecule is Cc1ccccc1-c1cn[nH]c1C1CCN(C(=O)[C@@H]2CCCN(c3ccccn3)C2)CC1. The van der Waals surface area contributed by atoms with Crippen molar-refractivity contribution in [1.82, 2.24) is 20.1 Å². The molecule has 2 aliphatic rings. The Balaban J connectivity index is 1.23. The van der Waals surface area contributed by atoms with Crippen LogP contribution in [0.3, 0.4) is 0 Å². The Bertz CT molecular complexity index is 1050. The number of pyridine rings is 1. The molecule has 4 heterocycles. The number of amides is 1. The molecule has 1 N–H and O–H groups in total. The molecule has 0 saturated carbocycles. The molecular formula is C26H31N5O. The first kappa shape index (κ1) is 20.7. The summed E-state index contributed by atoms with van der Waals surface area (Å²) in [5.74, 6) is 1.77. The number of hydrogen-bond acceptors (Lipinski definition) is 4. The third kappa shape index (κ3) is 4.14. The lowest BCUT2D eigenvalue weighted by Gasteiger charge is -2.38. The van der Waals surface area contributed by atoms with Gasteiger partial charge in [0.15, 0.2) is 0 Å².